The number of amides is 1. The summed E-state index contributed by atoms with van der Waals surface area (Å²) >= 11 is 2.14. The number of halogens is 1. The fourth-order valence-electron chi connectivity index (χ4n) is 2.34. The summed E-state index contributed by atoms with van der Waals surface area (Å²) in [7, 11) is -2.56. The van der Waals surface area contributed by atoms with Crippen molar-refractivity contribution in [2.45, 2.75) is 23.7 Å². The van der Waals surface area contributed by atoms with Gasteiger partial charge in [0.25, 0.3) is 0 Å². The van der Waals surface area contributed by atoms with E-state index in [1.54, 1.807) is 6.92 Å². The molecule has 0 bridgehead atoms. The maximum Gasteiger partial charge on any atom is 0.316 e. The summed E-state index contributed by atoms with van der Waals surface area (Å²) in [5, 5.41) is 10.4. The number of carbonyl (C=O) groups is 2. The number of carbonyl (C=O) groups excluding carboxylic acids is 2. The summed E-state index contributed by atoms with van der Waals surface area (Å²) < 4.78 is 43.8. The Morgan fingerprint density at radius 1 is 1.31 bits per heavy atom. The maximum atomic E-state index is 13.2. The monoisotopic (exact) mass is 462 g/mol. The lowest BCUT2D eigenvalue weighted by molar-refractivity contribution is -0.137. The normalized spacial score (nSPS) is 12.3. The lowest BCUT2D eigenvalue weighted by Crippen LogP contribution is -2.47. The number of methoxy groups -OCH3 is 1. The van der Waals surface area contributed by atoms with Gasteiger partial charge in [-0.1, -0.05) is 30.0 Å². The van der Waals surface area contributed by atoms with E-state index < -0.39 is 33.8 Å². The van der Waals surface area contributed by atoms with Crippen LogP contribution in [0, 0.1) is 5.82 Å². The van der Waals surface area contributed by atoms with Gasteiger partial charge >= 0.3 is 5.97 Å². The lowest BCUT2D eigenvalue weighted by atomic mass is 10.2. The average molecular weight is 463 g/mol. The van der Waals surface area contributed by atoms with E-state index in [9.17, 15) is 22.4 Å². The Balaban J connectivity index is 2.18. The van der Waals surface area contributed by atoms with E-state index in [1.165, 1.54) is 19.2 Å². The number of hydrogen-bond donors (Lipinski definition) is 1. The molecule has 0 aliphatic heterocycles. The van der Waals surface area contributed by atoms with Crippen molar-refractivity contribution in [1.29, 1.82) is 0 Å². The van der Waals surface area contributed by atoms with Gasteiger partial charge in [0.2, 0.25) is 21.1 Å². The molecular formula is C16H19FN4O5S3. The summed E-state index contributed by atoms with van der Waals surface area (Å²) in [6.45, 7) is 1.66. The van der Waals surface area contributed by atoms with Crippen LogP contribution in [0.5, 0.6) is 0 Å². The minimum atomic E-state index is -3.83. The fourth-order valence-corrected chi connectivity index (χ4v) is 5.13. The van der Waals surface area contributed by atoms with Gasteiger partial charge in [0.15, 0.2) is 4.34 Å². The standard InChI is InChI=1S/C16H19FN4O5S3/c1-4-12(21(29(3,24)25)11-7-5-10(17)6-8-11)14(23)18-15-19-20-16(28-15)27-9-13(22)26-2/h5-8,12H,4,9H2,1-3H3,(H,18,19,23)/t12-/m1/s1. The summed E-state index contributed by atoms with van der Waals surface area (Å²) in [6, 6.07) is 3.74. The van der Waals surface area contributed by atoms with Gasteiger partial charge in [-0.3, -0.25) is 19.2 Å². The molecule has 0 radical (unpaired) electrons. The molecule has 0 fully saturated rings. The second kappa shape index (κ2) is 9.98. The fraction of sp³-hybridized carbons (Fsp3) is 0.375. The van der Waals surface area contributed by atoms with E-state index in [0.29, 0.717) is 4.34 Å². The van der Waals surface area contributed by atoms with Crippen molar-refractivity contribution in [3.05, 3.63) is 30.1 Å². The molecule has 1 aromatic heterocycles. The van der Waals surface area contributed by atoms with Crippen LogP contribution in [-0.2, 0) is 24.3 Å². The van der Waals surface area contributed by atoms with Crippen LogP contribution in [0.3, 0.4) is 0 Å². The van der Waals surface area contributed by atoms with Crippen molar-refractivity contribution in [2.24, 2.45) is 0 Å². The first-order valence-electron chi connectivity index (χ1n) is 8.24. The van der Waals surface area contributed by atoms with Crippen LogP contribution in [0.25, 0.3) is 0 Å². The highest BCUT2D eigenvalue weighted by Crippen LogP contribution is 2.27. The summed E-state index contributed by atoms with van der Waals surface area (Å²) in [5.74, 6) is -1.51. The van der Waals surface area contributed by atoms with Crippen LogP contribution < -0.4 is 9.62 Å². The molecule has 0 saturated carbocycles. The minimum absolute atomic E-state index is 0.0447. The maximum absolute atomic E-state index is 13.2. The van der Waals surface area contributed by atoms with Crippen molar-refractivity contribution in [2.75, 3.05) is 28.7 Å². The zero-order valence-electron chi connectivity index (χ0n) is 15.8. The van der Waals surface area contributed by atoms with Crippen LogP contribution in [0.1, 0.15) is 13.3 Å². The molecule has 2 aromatic rings. The molecule has 1 aromatic carbocycles. The van der Waals surface area contributed by atoms with Gasteiger partial charge in [0.05, 0.1) is 24.8 Å². The molecule has 1 heterocycles. The van der Waals surface area contributed by atoms with Crippen LogP contribution in [0.2, 0.25) is 0 Å². The quantitative estimate of drug-likeness (QED) is 0.342. The van der Waals surface area contributed by atoms with Crippen molar-refractivity contribution in [3.8, 4) is 0 Å². The van der Waals surface area contributed by atoms with Crippen LogP contribution in [-0.4, -0.2) is 55.7 Å². The van der Waals surface area contributed by atoms with Gasteiger partial charge in [-0.25, -0.2) is 12.8 Å². The number of nitrogens with zero attached hydrogens (tertiary/aromatic N) is 3. The number of rotatable bonds is 9. The Bertz CT molecular complexity index is 965. The van der Waals surface area contributed by atoms with Crippen molar-refractivity contribution in [3.63, 3.8) is 0 Å². The van der Waals surface area contributed by atoms with Crippen molar-refractivity contribution in [1.82, 2.24) is 10.2 Å². The first-order valence-corrected chi connectivity index (χ1v) is 11.9. The molecule has 0 aliphatic rings. The van der Waals surface area contributed by atoms with Crippen LogP contribution in [0.4, 0.5) is 15.2 Å². The van der Waals surface area contributed by atoms with E-state index >= 15 is 0 Å². The van der Waals surface area contributed by atoms with E-state index in [1.807, 2.05) is 0 Å². The van der Waals surface area contributed by atoms with E-state index in [2.05, 4.69) is 20.3 Å². The van der Waals surface area contributed by atoms with Crippen LogP contribution in [0.15, 0.2) is 28.6 Å². The molecular weight excluding hydrogens is 443 g/mol. The van der Waals surface area contributed by atoms with Gasteiger partial charge < -0.3 is 4.74 Å². The molecule has 9 nitrogen and oxygen atoms in total. The molecule has 1 N–H and O–H groups in total. The molecule has 0 aliphatic carbocycles. The molecule has 2 rings (SSSR count). The Labute approximate surface area is 175 Å². The Kier molecular flexibility index (Phi) is 7.93. The third-order valence-corrected chi connectivity index (χ3v) is 6.71. The number of hydrogen-bond acceptors (Lipinski definition) is 9. The average Bonchev–Trinajstić information content (AvgIpc) is 3.11. The Hall–Kier alpha value is -2.25. The predicted octanol–water partition coefficient (Wildman–Crippen LogP) is 2.13. The summed E-state index contributed by atoms with van der Waals surface area (Å²) in [5.41, 5.74) is 0.169. The number of ether oxygens (including phenoxy) is 1. The first-order chi connectivity index (χ1) is 13.7. The number of nitrogens with one attached hydrogen (secondary N) is 1. The topological polar surface area (TPSA) is 119 Å². The van der Waals surface area contributed by atoms with Gasteiger partial charge in [0, 0.05) is 0 Å². The molecule has 158 valence electrons. The molecule has 0 spiro atoms. The largest absolute Gasteiger partial charge is 0.468 e. The third kappa shape index (κ3) is 6.37. The molecule has 13 heteroatoms. The second-order valence-corrected chi connectivity index (χ2v) is 9.75. The van der Waals surface area contributed by atoms with E-state index in [4.69, 9.17) is 0 Å². The number of aromatic nitrogens is 2. The Morgan fingerprint density at radius 3 is 2.52 bits per heavy atom. The highest BCUT2D eigenvalue weighted by atomic mass is 32.2. The Morgan fingerprint density at radius 2 is 1.97 bits per heavy atom. The molecule has 1 atom stereocenters. The third-order valence-electron chi connectivity index (χ3n) is 3.59. The summed E-state index contributed by atoms with van der Waals surface area (Å²) in [6.07, 6.45) is 1.14. The van der Waals surface area contributed by atoms with Gasteiger partial charge in [0.1, 0.15) is 11.9 Å². The minimum Gasteiger partial charge on any atom is -0.468 e. The van der Waals surface area contributed by atoms with E-state index in [-0.39, 0.29) is 23.0 Å². The predicted molar refractivity (Wildman–Crippen MR) is 109 cm³/mol. The van der Waals surface area contributed by atoms with Crippen LogP contribution >= 0.6 is 23.1 Å². The first kappa shape index (κ1) is 23.0. The number of anilines is 2. The van der Waals surface area contributed by atoms with Crippen molar-refractivity contribution >= 4 is 55.8 Å². The molecule has 29 heavy (non-hydrogen) atoms. The van der Waals surface area contributed by atoms with Gasteiger partial charge in [-0.15, -0.1) is 10.2 Å². The summed E-state index contributed by atoms with van der Waals surface area (Å²) in [4.78, 5) is 23.9. The SMILES string of the molecule is CC[C@H](C(=O)Nc1nnc(SCC(=O)OC)s1)N(c1ccc(F)cc1)S(C)(=O)=O. The van der Waals surface area contributed by atoms with Gasteiger partial charge in [-0.2, -0.15) is 0 Å². The van der Waals surface area contributed by atoms with Gasteiger partial charge in [-0.05, 0) is 30.7 Å². The highest BCUT2D eigenvalue weighted by molar-refractivity contribution is 8.01. The zero-order valence-corrected chi connectivity index (χ0v) is 18.2. The highest BCUT2D eigenvalue weighted by Gasteiger charge is 2.32. The molecule has 0 unspecified atom stereocenters. The lowest BCUT2D eigenvalue weighted by Gasteiger charge is -2.29. The zero-order chi connectivity index (χ0) is 21.6. The molecule has 0 saturated heterocycles. The number of esters is 1. The second-order valence-electron chi connectivity index (χ2n) is 5.69. The number of thioether (sulfide) groups is 1. The smallest absolute Gasteiger partial charge is 0.316 e. The number of sulfonamides is 1. The van der Waals surface area contributed by atoms with E-state index in [0.717, 1.165) is 45.8 Å². The molecule has 1 amide bonds. The number of benzene rings is 1. The van der Waals surface area contributed by atoms with Crippen molar-refractivity contribution < 1.29 is 27.1 Å².